The molecule has 3 rings (SSSR count). The van der Waals surface area contributed by atoms with Gasteiger partial charge in [-0.1, -0.05) is 13.0 Å². The van der Waals surface area contributed by atoms with Gasteiger partial charge < -0.3 is 10.3 Å². The van der Waals surface area contributed by atoms with Crippen LogP contribution in [0, 0.1) is 12.8 Å². The lowest BCUT2D eigenvalue weighted by molar-refractivity contribution is -0.121. The van der Waals surface area contributed by atoms with Crippen molar-refractivity contribution in [2.75, 3.05) is 0 Å². The standard InChI is InChI=1S/C19H24N4O2/c1-12-6-8-14(9-7-12)22-17(24)11-15-13(2)21-18(23-19(15)25)16-5-3-4-10-20-16/h3-5,10,12,14H,6-9,11H2,1-2H3,(H,22,24)(H,21,23,25). The van der Waals surface area contributed by atoms with Crippen LogP contribution in [0.15, 0.2) is 29.2 Å². The molecule has 6 nitrogen and oxygen atoms in total. The van der Waals surface area contributed by atoms with E-state index >= 15 is 0 Å². The minimum Gasteiger partial charge on any atom is -0.353 e. The molecule has 1 aliphatic rings. The van der Waals surface area contributed by atoms with Crippen LogP contribution in [-0.4, -0.2) is 26.9 Å². The van der Waals surface area contributed by atoms with E-state index in [4.69, 9.17) is 0 Å². The van der Waals surface area contributed by atoms with E-state index in [1.165, 1.54) is 0 Å². The number of nitrogens with one attached hydrogen (secondary N) is 2. The third kappa shape index (κ3) is 4.32. The molecule has 132 valence electrons. The lowest BCUT2D eigenvalue weighted by Gasteiger charge is -2.26. The van der Waals surface area contributed by atoms with Crippen molar-refractivity contribution in [1.29, 1.82) is 0 Å². The average Bonchev–Trinajstić information content (AvgIpc) is 2.61. The van der Waals surface area contributed by atoms with Crippen LogP contribution in [0.3, 0.4) is 0 Å². The number of hydrogen-bond acceptors (Lipinski definition) is 4. The third-order valence-electron chi connectivity index (χ3n) is 4.85. The molecule has 2 aromatic rings. The predicted molar refractivity (Wildman–Crippen MR) is 96.1 cm³/mol. The Morgan fingerprint density at radius 3 is 2.68 bits per heavy atom. The lowest BCUT2D eigenvalue weighted by atomic mass is 9.87. The molecule has 2 aromatic heterocycles. The highest BCUT2D eigenvalue weighted by atomic mass is 16.2. The molecular weight excluding hydrogens is 316 g/mol. The number of rotatable bonds is 4. The van der Waals surface area contributed by atoms with Gasteiger partial charge in [0.2, 0.25) is 5.91 Å². The average molecular weight is 340 g/mol. The Morgan fingerprint density at radius 1 is 1.28 bits per heavy atom. The van der Waals surface area contributed by atoms with E-state index in [1.807, 2.05) is 6.07 Å². The summed E-state index contributed by atoms with van der Waals surface area (Å²) in [4.78, 5) is 36.1. The first kappa shape index (κ1) is 17.3. The zero-order valence-corrected chi connectivity index (χ0v) is 14.7. The highest BCUT2D eigenvalue weighted by Crippen LogP contribution is 2.23. The number of nitrogens with zero attached hydrogens (tertiary/aromatic N) is 2. The molecule has 0 radical (unpaired) electrons. The van der Waals surface area contributed by atoms with Crippen LogP contribution in [0.25, 0.3) is 11.5 Å². The second kappa shape index (κ2) is 7.59. The molecule has 25 heavy (non-hydrogen) atoms. The van der Waals surface area contributed by atoms with Gasteiger partial charge in [0.15, 0.2) is 5.82 Å². The normalized spacial score (nSPS) is 20.2. The summed E-state index contributed by atoms with van der Waals surface area (Å²) in [6.07, 6.45) is 6.02. The van der Waals surface area contributed by atoms with Crippen molar-refractivity contribution in [3.63, 3.8) is 0 Å². The topological polar surface area (TPSA) is 87.7 Å². The first-order valence-corrected chi connectivity index (χ1v) is 8.83. The van der Waals surface area contributed by atoms with Crippen LogP contribution < -0.4 is 10.9 Å². The summed E-state index contributed by atoms with van der Waals surface area (Å²) in [7, 11) is 0. The van der Waals surface area contributed by atoms with Gasteiger partial charge in [0, 0.05) is 23.5 Å². The molecule has 1 fully saturated rings. The molecule has 0 unspecified atom stereocenters. The number of amides is 1. The first-order chi connectivity index (χ1) is 12.0. The van der Waals surface area contributed by atoms with E-state index in [2.05, 4.69) is 27.2 Å². The van der Waals surface area contributed by atoms with Crippen molar-refractivity contribution in [3.8, 4) is 11.5 Å². The molecule has 0 aromatic carbocycles. The third-order valence-corrected chi connectivity index (χ3v) is 4.85. The van der Waals surface area contributed by atoms with E-state index in [0.29, 0.717) is 22.8 Å². The maximum atomic E-state index is 12.4. The smallest absolute Gasteiger partial charge is 0.255 e. The maximum Gasteiger partial charge on any atom is 0.255 e. The van der Waals surface area contributed by atoms with Gasteiger partial charge in [-0.25, -0.2) is 4.98 Å². The molecule has 0 aliphatic heterocycles. The second-order valence-electron chi connectivity index (χ2n) is 6.89. The van der Waals surface area contributed by atoms with Crippen molar-refractivity contribution in [2.45, 2.75) is 52.0 Å². The molecule has 0 spiro atoms. The first-order valence-electron chi connectivity index (χ1n) is 8.83. The summed E-state index contributed by atoms with van der Waals surface area (Å²) in [6.45, 7) is 4.00. The summed E-state index contributed by atoms with van der Waals surface area (Å²) in [6, 6.07) is 5.65. The van der Waals surface area contributed by atoms with Crippen molar-refractivity contribution in [1.82, 2.24) is 20.3 Å². The Hall–Kier alpha value is -2.50. The minimum atomic E-state index is -0.277. The molecule has 0 atom stereocenters. The van der Waals surface area contributed by atoms with Crippen LogP contribution in [0.2, 0.25) is 0 Å². The van der Waals surface area contributed by atoms with E-state index < -0.39 is 0 Å². The number of hydrogen-bond donors (Lipinski definition) is 2. The van der Waals surface area contributed by atoms with Gasteiger partial charge >= 0.3 is 0 Å². The fraction of sp³-hybridized carbons (Fsp3) is 0.474. The SMILES string of the molecule is Cc1nc(-c2ccccn2)[nH]c(=O)c1CC(=O)NC1CCC(C)CC1. The second-order valence-corrected chi connectivity index (χ2v) is 6.89. The molecule has 1 aliphatic carbocycles. The number of aryl methyl sites for hydroxylation is 1. The van der Waals surface area contributed by atoms with Gasteiger partial charge in [-0.05, 0) is 50.7 Å². The Labute approximate surface area is 147 Å². The molecule has 0 bridgehead atoms. The van der Waals surface area contributed by atoms with E-state index in [9.17, 15) is 9.59 Å². The highest BCUT2D eigenvalue weighted by Gasteiger charge is 2.21. The molecular formula is C19H24N4O2. The number of aromatic amines is 1. The Morgan fingerprint density at radius 2 is 2.04 bits per heavy atom. The number of H-pyrrole nitrogens is 1. The van der Waals surface area contributed by atoms with Crippen LogP contribution in [0.1, 0.15) is 43.9 Å². The fourth-order valence-electron chi connectivity index (χ4n) is 3.29. The molecule has 1 amide bonds. The van der Waals surface area contributed by atoms with Crippen LogP contribution in [0.5, 0.6) is 0 Å². The summed E-state index contributed by atoms with van der Waals surface area (Å²) in [5.41, 5.74) is 1.31. The van der Waals surface area contributed by atoms with Gasteiger partial charge in [-0.3, -0.25) is 14.6 Å². The van der Waals surface area contributed by atoms with Crippen molar-refractivity contribution < 1.29 is 4.79 Å². The zero-order valence-electron chi connectivity index (χ0n) is 14.7. The Kier molecular flexibility index (Phi) is 5.26. The van der Waals surface area contributed by atoms with Gasteiger partial charge in [-0.15, -0.1) is 0 Å². The fourth-order valence-corrected chi connectivity index (χ4v) is 3.29. The number of aromatic nitrogens is 3. The lowest BCUT2D eigenvalue weighted by Crippen LogP contribution is -2.39. The number of carbonyl (C=O) groups is 1. The molecule has 1 saturated carbocycles. The highest BCUT2D eigenvalue weighted by molar-refractivity contribution is 5.79. The van der Waals surface area contributed by atoms with E-state index in [-0.39, 0.29) is 23.9 Å². The summed E-state index contributed by atoms with van der Waals surface area (Å²) in [5, 5.41) is 3.06. The van der Waals surface area contributed by atoms with Gasteiger partial charge in [0.1, 0.15) is 5.69 Å². The van der Waals surface area contributed by atoms with Gasteiger partial charge in [0.05, 0.1) is 6.42 Å². The van der Waals surface area contributed by atoms with Crippen molar-refractivity contribution >= 4 is 5.91 Å². The number of carbonyl (C=O) groups excluding carboxylic acids is 1. The molecule has 0 saturated heterocycles. The van der Waals surface area contributed by atoms with E-state index in [0.717, 1.165) is 31.6 Å². The Balaban J connectivity index is 1.70. The predicted octanol–water partition coefficient (Wildman–Crippen LogP) is 2.38. The van der Waals surface area contributed by atoms with Crippen molar-refractivity contribution in [3.05, 3.63) is 46.0 Å². The molecule has 6 heteroatoms. The monoisotopic (exact) mass is 340 g/mol. The van der Waals surface area contributed by atoms with Gasteiger partial charge in [0.25, 0.3) is 5.56 Å². The van der Waals surface area contributed by atoms with Crippen LogP contribution in [0.4, 0.5) is 0 Å². The summed E-state index contributed by atoms with van der Waals surface area (Å²) >= 11 is 0. The van der Waals surface area contributed by atoms with Crippen LogP contribution >= 0.6 is 0 Å². The van der Waals surface area contributed by atoms with Crippen LogP contribution in [-0.2, 0) is 11.2 Å². The Bertz CT molecular complexity index is 793. The van der Waals surface area contributed by atoms with Gasteiger partial charge in [-0.2, -0.15) is 0 Å². The minimum absolute atomic E-state index is 0.0583. The number of pyridine rings is 1. The summed E-state index contributed by atoms with van der Waals surface area (Å²) in [5.74, 6) is 1.05. The quantitative estimate of drug-likeness (QED) is 0.894. The summed E-state index contributed by atoms with van der Waals surface area (Å²) < 4.78 is 0. The molecule has 2 N–H and O–H groups in total. The maximum absolute atomic E-state index is 12.4. The molecule has 2 heterocycles. The van der Waals surface area contributed by atoms with Crippen molar-refractivity contribution in [2.24, 2.45) is 5.92 Å². The largest absolute Gasteiger partial charge is 0.353 e. The zero-order chi connectivity index (χ0) is 17.8. The van der Waals surface area contributed by atoms with E-state index in [1.54, 1.807) is 25.3 Å².